The summed E-state index contributed by atoms with van der Waals surface area (Å²) in [4.78, 5) is 0. The lowest BCUT2D eigenvalue weighted by molar-refractivity contribution is 0.122. The molecule has 18 heavy (non-hydrogen) atoms. The van der Waals surface area contributed by atoms with Gasteiger partial charge in [0, 0.05) is 32.6 Å². The number of thiol groups is 1. The van der Waals surface area contributed by atoms with Gasteiger partial charge in [0.05, 0.1) is 0 Å². The Balaban J connectivity index is 3.64. The highest BCUT2D eigenvalue weighted by molar-refractivity contribution is 14.1. The molecule has 0 N–H and O–H groups in total. The van der Waals surface area contributed by atoms with Crippen LogP contribution in [0.2, 0.25) is 6.04 Å². The van der Waals surface area contributed by atoms with Crippen molar-refractivity contribution in [2.45, 2.75) is 49.8 Å². The predicted molar refractivity (Wildman–Crippen MR) is 91.0 cm³/mol. The zero-order valence-electron chi connectivity index (χ0n) is 11.8. The molecule has 0 aliphatic carbocycles. The molecule has 0 spiro atoms. The Morgan fingerprint density at radius 2 is 1.44 bits per heavy atom. The lowest BCUT2D eigenvalue weighted by Crippen LogP contribution is -2.42. The minimum absolute atomic E-state index is 0.539. The lowest BCUT2D eigenvalue weighted by atomic mass is 10.1. The molecule has 0 aliphatic rings. The van der Waals surface area contributed by atoms with Crippen molar-refractivity contribution in [1.29, 1.82) is 0 Å². The summed E-state index contributed by atoms with van der Waals surface area (Å²) in [5.74, 6) is 0. The highest BCUT2D eigenvalue weighted by Gasteiger charge is 2.36. The summed E-state index contributed by atoms with van der Waals surface area (Å²) in [6, 6.07) is 0.894. The van der Waals surface area contributed by atoms with Crippen LogP contribution < -0.4 is 0 Å². The first-order chi connectivity index (χ1) is 8.64. The van der Waals surface area contributed by atoms with Crippen molar-refractivity contribution >= 4 is 44.0 Å². The predicted octanol–water partition coefficient (Wildman–Crippen LogP) is 3.94. The van der Waals surface area contributed by atoms with E-state index in [4.69, 9.17) is 13.3 Å². The van der Waals surface area contributed by atoms with Gasteiger partial charge in [-0.25, -0.2) is 0 Å². The monoisotopic (exact) mass is 406 g/mol. The largest absolute Gasteiger partial charge is 0.500 e. The summed E-state index contributed by atoms with van der Waals surface area (Å²) in [6.07, 6.45) is 7.27. The van der Waals surface area contributed by atoms with Crippen LogP contribution in [0.3, 0.4) is 0 Å². The van der Waals surface area contributed by atoms with Gasteiger partial charge in [-0.15, -0.1) is 0 Å². The van der Waals surface area contributed by atoms with Gasteiger partial charge in [-0.05, 0) is 30.1 Å². The van der Waals surface area contributed by atoms with Crippen molar-refractivity contribution < 1.29 is 13.3 Å². The summed E-state index contributed by atoms with van der Waals surface area (Å²) in [5.41, 5.74) is 0. The van der Waals surface area contributed by atoms with Gasteiger partial charge in [0.15, 0.2) is 0 Å². The van der Waals surface area contributed by atoms with E-state index in [1.54, 1.807) is 21.3 Å². The Bertz CT molecular complexity index is 186. The smallest absolute Gasteiger partial charge is 0.377 e. The highest BCUT2D eigenvalue weighted by Crippen LogP contribution is 2.20. The zero-order chi connectivity index (χ0) is 13.9. The molecule has 1 atom stereocenters. The molecule has 3 nitrogen and oxygen atoms in total. The lowest BCUT2D eigenvalue weighted by Gasteiger charge is -2.24. The maximum Gasteiger partial charge on any atom is 0.500 e. The van der Waals surface area contributed by atoms with Gasteiger partial charge in [-0.3, -0.25) is 0 Å². The number of hydrogen-bond donors (Lipinski definition) is 1. The molecule has 0 fully saturated rings. The molecule has 0 saturated heterocycles. The average Bonchev–Trinajstić information content (AvgIpc) is 2.40. The van der Waals surface area contributed by atoms with Crippen molar-refractivity contribution in [3.05, 3.63) is 0 Å². The van der Waals surface area contributed by atoms with E-state index in [2.05, 4.69) is 35.2 Å². The Morgan fingerprint density at radius 1 is 0.944 bits per heavy atom. The second-order valence-electron chi connectivity index (χ2n) is 4.38. The van der Waals surface area contributed by atoms with Gasteiger partial charge in [-0.1, -0.05) is 35.4 Å². The first-order valence-electron chi connectivity index (χ1n) is 6.53. The molecule has 1 unspecified atom stereocenters. The molecule has 0 aromatic rings. The molecule has 0 aliphatic heterocycles. The van der Waals surface area contributed by atoms with Crippen LogP contribution in [0.1, 0.15) is 38.5 Å². The number of halogens is 1. The Hall–Kier alpha value is 1.18. The highest BCUT2D eigenvalue weighted by atomic mass is 127. The summed E-state index contributed by atoms with van der Waals surface area (Å²) in [6.45, 7) is 0. The molecule has 0 radical (unpaired) electrons. The van der Waals surface area contributed by atoms with Crippen molar-refractivity contribution in [3.8, 4) is 0 Å². The topological polar surface area (TPSA) is 27.7 Å². The second kappa shape index (κ2) is 12.0. The Kier molecular flexibility index (Phi) is 12.7. The van der Waals surface area contributed by atoms with Gasteiger partial charge in [0.25, 0.3) is 0 Å². The SMILES string of the molecule is CO[Si](CCCCC(S)CCCCI)(OC)OC. The number of unbranched alkanes of at least 4 members (excludes halogenated alkanes) is 2. The molecule has 0 rings (SSSR count). The fourth-order valence-electron chi connectivity index (χ4n) is 1.90. The Morgan fingerprint density at radius 3 is 1.89 bits per heavy atom. The van der Waals surface area contributed by atoms with Crippen LogP contribution in [-0.2, 0) is 13.3 Å². The molecule has 110 valence electrons. The van der Waals surface area contributed by atoms with Crippen LogP contribution in [0.15, 0.2) is 0 Å². The summed E-state index contributed by atoms with van der Waals surface area (Å²) < 4.78 is 17.4. The van der Waals surface area contributed by atoms with Gasteiger partial charge in [0.2, 0.25) is 0 Å². The molecule has 0 saturated carbocycles. The van der Waals surface area contributed by atoms with E-state index in [-0.39, 0.29) is 0 Å². The summed E-state index contributed by atoms with van der Waals surface area (Å²) >= 11 is 7.06. The van der Waals surface area contributed by atoms with Crippen LogP contribution in [-0.4, -0.2) is 39.8 Å². The van der Waals surface area contributed by atoms with Crippen LogP contribution in [0.5, 0.6) is 0 Å². The molecular weight excluding hydrogens is 379 g/mol. The van der Waals surface area contributed by atoms with Crippen molar-refractivity contribution in [3.63, 3.8) is 0 Å². The van der Waals surface area contributed by atoms with E-state index < -0.39 is 8.80 Å². The molecule has 0 heterocycles. The first kappa shape index (κ1) is 19.2. The standard InChI is InChI=1S/C12H27IO3SSi/c1-14-18(15-2,16-3)11-7-5-9-12(17)8-4-6-10-13/h12,17H,4-11H2,1-3H3. The molecule has 0 bridgehead atoms. The van der Waals surface area contributed by atoms with Crippen LogP contribution >= 0.6 is 35.2 Å². The van der Waals surface area contributed by atoms with Crippen molar-refractivity contribution in [2.24, 2.45) is 0 Å². The number of alkyl halides is 1. The minimum atomic E-state index is -2.35. The second-order valence-corrected chi connectivity index (χ2v) is 9.28. The molecule has 0 amide bonds. The molecule has 6 heteroatoms. The van der Waals surface area contributed by atoms with Gasteiger partial charge in [0.1, 0.15) is 0 Å². The summed E-state index contributed by atoms with van der Waals surface area (Å²) in [7, 11) is 2.67. The van der Waals surface area contributed by atoms with E-state index in [1.807, 2.05) is 0 Å². The zero-order valence-corrected chi connectivity index (χ0v) is 15.8. The average molecular weight is 406 g/mol. The fraction of sp³-hybridized carbons (Fsp3) is 1.00. The van der Waals surface area contributed by atoms with Crippen LogP contribution in [0, 0.1) is 0 Å². The minimum Gasteiger partial charge on any atom is -0.377 e. The molecular formula is C12H27IO3SSi. The summed E-state index contributed by atoms with van der Waals surface area (Å²) in [5, 5.41) is 0.539. The molecule has 0 aromatic heterocycles. The van der Waals surface area contributed by atoms with Gasteiger partial charge in [-0.2, -0.15) is 12.6 Å². The van der Waals surface area contributed by atoms with E-state index in [9.17, 15) is 0 Å². The van der Waals surface area contributed by atoms with E-state index in [1.165, 1.54) is 36.5 Å². The fourth-order valence-corrected chi connectivity index (χ4v) is 4.60. The van der Waals surface area contributed by atoms with Crippen LogP contribution in [0.4, 0.5) is 0 Å². The third-order valence-electron chi connectivity index (χ3n) is 3.12. The molecule has 0 aromatic carbocycles. The first-order valence-corrected chi connectivity index (χ1v) is 10.5. The third kappa shape index (κ3) is 8.37. The van der Waals surface area contributed by atoms with Gasteiger partial charge >= 0.3 is 8.80 Å². The van der Waals surface area contributed by atoms with Crippen LogP contribution in [0.25, 0.3) is 0 Å². The third-order valence-corrected chi connectivity index (χ3v) is 7.24. The normalized spacial score (nSPS) is 13.8. The van der Waals surface area contributed by atoms with E-state index in [0.717, 1.165) is 12.5 Å². The Labute approximate surface area is 132 Å². The number of hydrogen-bond acceptors (Lipinski definition) is 4. The van der Waals surface area contributed by atoms with Crippen molar-refractivity contribution in [2.75, 3.05) is 25.8 Å². The number of rotatable bonds is 12. The van der Waals surface area contributed by atoms with Crippen molar-refractivity contribution in [1.82, 2.24) is 0 Å². The van der Waals surface area contributed by atoms with E-state index in [0.29, 0.717) is 5.25 Å². The maximum absolute atomic E-state index is 5.40. The van der Waals surface area contributed by atoms with E-state index >= 15 is 0 Å². The van der Waals surface area contributed by atoms with Gasteiger partial charge < -0.3 is 13.3 Å². The quantitative estimate of drug-likeness (QED) is 0.175. The maximum atomic E-state index is 5.40.